The molecule has 0 aromatic heterocycles. The Hall–Kier alpha value is -2.82. The summed E-state index contributed by atoms with van der Waals surface area (Å²) in [6, 6.07) is 18.6. The molecule has 0 radical (unpaired) electrons. The molecule has 2 aliphatic rings. The van der Waals surface area contributed by atoms with E-state index < -0.39 is 0 Å². The molecule has 3 amide bonds. The van der Waals surface area contributed by atoms with Crippen molar-refractivity contribution < 1.29 is 9.59 Å². The maximum absolute atomic E-state index is 12.7. The molecule has 0 spiro atoms. The number of aryl methyl sites for hydroxylation is 1. The highest BCUT2D eigenvalue weighted by Crippen LogP contribution is 2.45. The molecular formula is C24H29N3O2. The van der Waals surface area contributed by atoms with Gasteiger partial charge in [-0.25, -0.2) is 4.79 Å². The highest BCUT2D eigenvalue weighted by atomic mass is 16.2. The number of amides is 3. The first kappa shape index (κ1) is 19.5. The Morgan fingerprint density at radius 2 is 1.72 bits per heavy atom. The first-order valence-corrected chi connectivity index (χ1v) is 10.4. The van der Waals surface area contributed by atoms with Gasteiger partial charge >= 0.3 is 6.03 Å². The monoisotopic (exact) mass is 391 g/mol. The van der Waals surface area contributed by atoms with Crippen molar-refractivity contribution in [1.82, 2.24) is 15.1 Å². The van der Waals surface area contributed by atoms with Crippen LogP contribution in [0.1, 0.15) is 29.7 Å². The third kappa shape index (κ3) is 4.00. The predicted molar refractivity (Wildman–Crippen MR) is 113 cm³/mol. The molecule has 1 N–H and O–H groups in total. The molecule has 3 atom stereocenters. The van der Waals surface area contributed by atoms with Crippen LogP contribution in [0.5, 0.6) is 0 Å². The highest BCUT2D eigenvalue weighted by Gasteiger charge is 2.49. The first-order valence-electron chi connectivity index (χ1n) is 10.4. The second kappa shape index (κ2) is 8.27. The van der Waals surface area contributed by atoms with E-state index in [9.17, 15) is 9.59 Å². The minimum Gasteiger partial charge on any atom is -0.338 e. The molecule has 0 saturated carbocycles. The van der Waals surface area contributed by atoms with Crippen molar-refractivity contribution in [3.8, 4) is 0 Å². The first-order chi connectivity index (χ1) is 14.0. The van der Waals surface area contributed by atoms with Crippen LogP contribution in [-0.4, -0.2) is 47.9 Å². The van der Waals surface area contributed by atoms with Crippen molar-refractivity contribution in [2.75, 3.05) is 26.2 Å². The number of hydrogen-bond donors (Lipinski definition) is 1. The lowest BCUT2D eigenvalue weighted by Crippen LogP contribution is -2.42. The topological polar surface area (TPSA) is 52.7 Å². The molecule has 2 fully saturated rings. The second-order valence-electron chi connectivity index (χ2n) is 8.27. The quantitative estimate of drug-likeness (QED) is 0.869. The maximum Gasteiger partial charge on any atom is 0.317 e. The Morgan fingerprint density at radius 3 is 2.45 bits per heavy atom. The Labute approximate surface area is 172 Å². The van der Waals surface area contributed by atoms with E-state index in [1.807, 2.05) is 40.1 Å². The van der Waals surface area contributed by atoms with Crippen molar-refractivity contribution in [3.63, 3.8) is 0 Å². The number of likely N-dealkylation sites (tertiary alicyclic amines) is 2. The summed E-state index contributed by atoms with van der Waals surface area (Å²) in [6.45, 7) is 6.53. The molecule has 2 saturated heterocycles. The molecule has 0 aliphatic carbocycles. The van der Waals surface area contributed by atoms with Crippen molar-refractivity contribution in [1.29, 1.82) is 0 Å². The lowest BCUT2D eigenvalue weighted by molar-refractivity contribution is -0.130. The van der Waals surface area contributed by atoms with E-state index in [-0.39, 0.29) is 18.0 Å². The summed E-state index contributed by atoms with van der Waals surface area (Å²) < 4.78 is 0. The second-order valence-corrected chi connectivity index (χ2v) is 8.27. The number of hydrogen-bond acceptors (Lipinski definition) is 2. The van der Waals surface area contributed by atoms with E-state index in [1.165, 1.54) is 16.7 Å². The molecule has 0 bridgehead atoms. The third-order valence-electron chi connectivity index (χ3n) is 6.40. The standard InChI is InChI=1S/C24H29N3O2/c1-17-8-6-7-11-21(17)23-22-16-26(14-20(22)15-27(23)18(2)28)24(29)25-13-12-19-9-4-3-5-10-19/h3-11,20,22-23H,12-16H2,1-2H3,(H,25,29)/t20-,22-,23+/m1/s1. The van der Waals surface area contributed by atoms with Crippen molar-refractivity contribution in [2.24, 2.45) is 11.8 Å². The van der Waals surface area contributed by atoms with Gasteiger partial charge in [0.1, 0.15) is 0 Å². The Balaban J connectivity index is 1.41. The molecule has 2 heterocycles. The lowest BCUT2D eigenvalue weighted by Gasteiger charge is -2.30. The summed E-state index contributed by atoms with van der Waals surface area (Å²) in [5.41, 5.74) is 3.64. The molecular weight excluding hydrogens is 362 g/mol. The fourth-order valence-corrected chi connectivity index (χ4v) is 4.92. The van der Waals surface area contributed by atoms with Gasteiger partial charge in [0.05, 0.1) is 6.04 Å². The smallest absolute Gasteiger partial charge is 0.317 e. The minimum absolute atomic E-state index is 0.00763. The molecule has 5 nitrogen and oxygen atoms in total. The Morgan fingerprint density at radius 1 is 1.00 bits per heavy atom. The zero-order chi connectivity index (χ0) is 20.4. The van der Waals surface area contributed by atoms with E-state index >= 15 is 0 Å². The van der Waals surface area contributed by atoms with Crippen LogP contribution < -0.4 is 5.32 Å². The largest absolute Gasteiger partial charge is 0.338 e. The number of fused-ring (bicyclic) bond motifs is 1. The molecule has 2 aromatic rings. The molecule has 0 unspecified atom stereocenters. The summed E-state index contributed by atoms with van der Waals surface area (Å²) in [5.74, 6) is 0.745. The molecule has 4 rings (SSSR count). The summed E-state index contributed by atoms with van der Waals surface area (Å²) in [5, 5.41) is 3.07. The zero-order valence-corrected chi connectivity index (χ0v) is 17.2. The van der Waals surface area contributed by atoms with Gasteiger partial charge in [0.25, 0.3) is 0 Å². The fourth-order valence-electron chi connectivity index (χ4n) is 4.92. The highest BCUT2D eigenvalue weighted by molar-refractivity contribution is 5.76. The fraction of sp³-hybridized carbons (Fsp3) is 0.417. The number of benzene rings is 2. The van der Waals surface area contributed by atoms with Crippen LogP contribution in [0.3, 0.4) is 0 Å². The zero-order valence-electron chi connectivity index (χ0n) is 17.2. The van der Waals surface area contributed by atoms with Crippen molar-refractivity contribution in [2.45, 2.75) is 26.3 Å². The van der Waals surface area contributed by atoms with Gasteiger partial charge in [-0.05, 0) is 30.0 Å². The molecule has 5 heteroatoms. The Bertz CT molecular complexity index is 883. The van der Waals surface area contributed by atoms with Gasteiger partial charge in [0, 0.05) is 44.9 Å². The normalized spacial score (nSPS) is 23.2. The van der Waals surface area contributed by atoms with E-state index in [0.717, 1.165) is 13.0 Å². The van der Waals surface area contributed by atoms with Crippen molar-refractivity contribution in [3.05, 3.63) is 71.3 Å². The van der Waals surface area contributed by atoms with Crippen LogP contribution in [0.25, 0.3) is 0 Å². The van der Waals surface area contributed by atoms with Gasteiger partial charge in [-0.3, -0.25) is 4.79 Å². The molecule has 2 aromatic carbocycles. The van der Waals surface area contributed by atoms with Crippen LogP contribution >= 0.6 is 0 Å². The van der Waals surface area contributed by atoms with Gasteiger partial charge in [-0.1, -0.05) is 54.6 Å². The van der Waals surface area contributed by atoms with Gasteiger partial charge in [-0.2, -0.15) is 0 Å². The van der Waals surface area contributed by atoms with E-state index in [4.69, 9.17) is 0 Å². The predicted octanol–water partition coefficient (Wildman–Crippen LogP) is 3.40. The summed E-state index contributed by atoms with van der Waals surface area (Å²) in [7, 11) is 0. The van der Waals surface area contributed by atoms with E-state index in [0.29, 0.717) is 31.5 Å². The minimum atomic E-state index is 0.00763. The summed E-state index contributed by atoms with van der Waals surface area (Å²) in [6.07, 6.45) is 0.831. The number of rotatable bonds is 4. The van der Waals surface area contributed by atoms with Crippen LogP contribution in [0.15, 0.2) is 54.6 Å². The summed E-state index contributed by atoms with van der Waals surface area (Å²) >= 11 is 0. The number of urea groups is 1. The van der Waals surface area contributed by atoms with Crippen molar-refractivity contribution >= 4 is 11.9 Å². The van der Waals surface area contributed by atoms with Gasteiger partial charge < -0.3 is 15.1 Å². The van der Waals surface area contributed by atoms with E-state index in [2.05, 4.69) is 36.5 Å². The van der Waals surface area contributed by atoms with Crippen LogP contribution in [0.2, 0.25) is 0 Å². The summed E-state index contributed by atoms with van der Waals surface area (Å²) in [4.78, 5) is 29.0. The van der Waals surface area contributed by atoms with Gasteiger partial charge in [0.2, 0.25) is 5.91 Å². The number of nitrogens with zero attached hydrogens (tertiary/aromatic N) is 2. The maximum atomic E-state index is 12.7. The number of carbonyl (C=O) groups is 2. The Kier molecular flexibility index (Phi) is 5.56. The van der Waals surface area contributed by atoms with Gasteiger partial charge in [0.15, 0.2) is 0 Å². The SMILES string of the molecule is CC(=O)N1C[C@H]2CN(C(=O)NCCc3ccccc3)C[C@H]2[C@@H]1c1ccccc1C. The average molecular weight is 392 g/mol. The third-order valence-corrected chi connectivity index (χ3v) is 6.40. The molecule has 29 heavy (non-hydrogen) atoms. The van der Waals surface area contributed by atoms with Crippen LogP contribution in [-0.2, 0) is 11.2 Å². The molecule has 2 aliphatic heterocycles. The lowest BCUT2D eigenvalue weighted by atomic mass is 9.87. The van der Waals surface area contributed by atoms with Crippen LogP contribution in [0, 0.1) is 18.8 Å². The number of nitrogens with one attached hydrogen (secondary N) is 1. The van der Waals surface area contributed by atoms with E-state index in [1.54, 1.807) is 6.92 Å². The number of carbonyl (C=O) groups excluding carboxylic acids is 2. The van der Waals surface area contributed by atoms with Gasteiger partial charge in [-0.15, -0.1) is 0 Å². The average Bonchev–Trinajstić information content (AvgIpc) is 3.27. The van der Waals surface area contributed by atoms with Crippen LogP contribution in [0.4, 0.5) is 4.79 Å². The molecule has 152 valence electrons.